The first-order chi connectivity index (χ1) is 10.8. The molecule has 5 heteroatoms. The Morgan fingerprint density at radius 2 is 2.00 bits per heavy atom. The van der Waals surface area contributed by atoms with Gasteiger partial charge in [-0.2, -0.15) is 0 Å². The first-order valence-electron chi connectivity index (χ1n) is 8.31. The second kappa shape index (κ2) is 7.70. The van der Waals surface area contributed by atoms with Gasteiger partial charge in [0.1, 0.15) is 0 Å². The van der Waals surface area contributed by atoms with Crippen LogP contribution in [0, 0.1) is 0 Å². The SMILES string of the molecule is O=C(CCc1cccnc1)N1CCN(C2CCOCC2)CC1. The highest BCUT2D eigenvalue weighted by Gasteiger charge is 2.26. The summed E-state index contributed by atoms with van der Waals surface area (Å²) in [5.74, 6) is 0.274. The Morgan fingerprint density at radius 3 is 2.68 bits per heavy atom. The van der Waals surface area contributed by atoms with Crippen LogP contribution < -0.4 is 0 Å². The molecule has 3 rings (SSSR count). The quantitative estimate of drug-likeness (QED) is 0.842. The number of piperazine rings is 1. The molecule has 5 nitrogen and oxygen atoms in total. The van der Waals surface area contributed by atoms with E-state index >= 15 is 0 Å². The van der Waals surface area contributed by atoms with Crippen molar-refractivity contribution in [2.24, 2.45) is 0 Å². The summed E-state index contributed by atoms with van der Waals surface area (Å²) in [6.45, 7) is 5.50. The minimum absolute atomic E-state index is 0.274. The molecule has 0 atom stereocenters. The van der Waals surface area contributed by atoms with Crippen molar-refractivity contribution in [1.82, 2.24) is 14.8 Å². The average Bonchev–Trinajstić information content (AvgIpc) is 2.61. The average molecular weight is 303 g/mol. The number of carbonyl (C=O) groups is 1. The highest BCUT2D eigenvalue weighted by Crippen LogP contribution is 2.17. The van der Waals surface area contributed by atoms with Crippen LogP contribution in [-0.4, -0.2) is 66.1 Å². The summed E-state index contributed by atoms with van der Waals surface area (Å²) in [6.07, 6.45) is 7.25. The molecule has 0 unspecified atom stereocenters. The van der Waals surface area contributed by atoms with Crippen molar-refractivity contribution in [3.05, 3.63) is 30.1 Å². The van der Waals surface area contributed by atoms with E-state index in [4.69, 9.17) is 4.74 Å². The molecule has 120 valence electrons. The number of ether oxygens (including phenoxy) is 1. The number of amides is 1. The highest BCUT2D eigenvalue weighted by molar-refractivity contribution is 5.76. The highest BCUT2D eigenvalue weighted by atomic mass is 16.5. The van der Waals surface area contributed by atoms with Crippen LogP contribution in [0.5, 0.6) is 0 Å². The van der Waals surface area contributed by atoms with E-state index in [1.807, 2.05) is 23.2 Å². The number of hydrogen-bond donors (Lipinski definition) is 0. The predicted octanol–water partition coefficient (Wildman–Crippen LogP) is 1.34. The fourth-order valence-electron chi connectivity index (χ4n) is 3.34. The van der Waals surface area contributed by atoms with E-state index in [1.54, 1.807) is 6.20 Å². The van der Waals surface area contributed by atoms with Gasteiger partial charge in [0.2, 0.25) is 5.91 Å². The van der Waals surface area contributed by atoms with Crippen LogP contribution in [0.3, 0.4) is 0 Å². The second-order valence-corrected chi connectivity index (χ2v) is 6.12. The van der Waals surface area contributed by atoms with E-state index < -0.39 is 0 Å². The third kappa shape index (κ3) is 4.05. The molecule has 0 aliphatic carbocycles. The van der Waals surface area contributed by atoms with E-state index in [2.05, 4.69) is 9.88 Å². The molecule has 0 spiro atoms. The summed E-state index contributed by atoms with van der Waals surface area (Å²) in [6, 6.07) is 4.61. The van der Waals surface area contributed by atoms with Crippen LogP contribution in [0.2, 0.25) is 0 Å². The summed E-state index contributed by atoms with van der Waals surface area (Å²) in [7, 11) is 0. The number of carbonyl (C=O) groups excluding carboxylic acids is 1. The molecule has 22 heavy (non-hydrogen) atoms. The summed E-state index contributed by atoms with van der Waals surface area (Å²) in [4.78, 5) is 21.0. The smallest absolute Gasteiger partial charge is 0.222 e. The lowest BCUT2D eigenvalue weighted by atomic mass is 10.1. The Morgan fingerprint density at radius 1 is 1.23 bits per heavy atom. The van der Waals surface area contributed by atoms with Gasteiger partial charge in [-0.05, 0) is 30.9 Å². The minimum atomic E-state index is 0.274. The molecule has 3 heterocycles. The lowest BCUT2D eigenvalue weighted by molar-refractivity contribution is -0.133. The van der Waals surface area contributed by atoms with Crippen molar-refractivity contribution < 1.29 is 9.53 Å². The summed E-state index contributed by atoms with van der Waals surface area (Å²) in [5, 5.41) is 0. The maximum absolute atomic E-state index is 12.3. The Bertz CT molecular complexity index is 466. The van der Waals surface area contributed by atoms with Gasteiger partial charge >= 0.3 is 0 Å². The molecule has 0 aromatic carbocycles. The molecule has 2 aliphatic heterocycles. The fraction of sp³-hybridized carbons (Fsp3) is 0.647. The van der Waals surface area contributed by atoms with Crippen molar-refractivity contribution in [3.63, 3.8) is 0 Å². The van der Waals surface area contributed by atoms with Crippen molar-refractivity contribution >= 4 is 5.91 Å². The molecule has 2 fully saturated rings. The standard InChI is InChI=1S/C17H25N3O2/c21-17(4-3-15-2-1-7-18-14-15)20-10-8-19(9-11-20)16-5-12-22-13-6-16/h1-2,7,14,16H,3-6,8-13H2. The number of nitrogens with zero attached hydrogens (tertiary/aromatic N) is 3. The molecular formula is C17H25N3O2. The zero-order valence-corrected chi connectivity index (χ0v) is 13.1. The summed E-state index contributed by atoms with van der Waals surface area (Å²) < 4.78 is 5.43. The molecule has 0 saturated carbocycles. The first kappa shape index (κ1) is 15.4. The van der Waals surface area contributed by atoms with Crippen LogP contribution in [-0.2, 0) is 16.0 Å². The van der Waals surface area contributed by atoms with E-state index in [9.17, 15) is 4.79 Å². The summed E-state index contributed by atoms with van der Waals surface area (Å²) >= 11 is 0. The van der Waals surface area contributed by atoms with Crippen LogP contribution in [0.4, 0.5) is 0 Å². The summed E-state index contributed by atoms with van der Waals surface area (Å²) in [5.41, 5.74) is 1.14. The topological polar surface area (TPSA) is 45.7 Å². The zero-order valence-electron chi connectivity index (χ0n) is 13.1. The van der Waals surface area contributed by atoms with Crippen molar-refractivity contribution in [2.75, 3.05) is 39.4 Å². The monoisotopic (exact) mass is 303 g/mol. The number of rotatable bonds is 4. The molecule has 0 bridgehead atoms. The van der Waals surface area contributed by atoms with Gasteiger partial charge in [0.15, 0.2) is 0 Å². The van der Waals surface area contributed by atoms with Crippen LogP contribution in [0.1, 0.15) is 24.8 Å². The van der Waals surface area contributed by atoms with Crippen molar-refractivity contribution in [2.45, 2.75) is 31.7 Å². The Hall–Kier alpha value is -1.46. The van der Waals surface area contributed by atoms with E-state index in [1.165, 1.54) is 0 Å². The Kier molecular flexibility index (Phi) is 5.40. The van der Waals surface area contributed by atoms with Crippen LogP contribution in [0.25, 0.3) is 0 Å². The first-order valence-corrected chi connectivity index (χ1v) is 8.31. The van der Waals surface area contributed by atoms with Crippen molar-refractivity contribution in [1.29, 1.82) is 0 Å². The third-order valence-corrected chi connectivity index (χ3v) is 4.72. The van der Waals surface area contributed by atoms with Gasteiger partial charge in [0.05, 0.1) is 0 Å². The zero-order chi connectivity index (χ0) is 15.2. The molecule has 2 saturated heterocycles. The molecule has 1 aromatic heterocycles. The van der Waals surface area contributed by atoms with E-state index in [-0.39, 0.29) is 5.91 Å². The van der Waals surface area contributed by atoms with Crippen LogP contribution >= 0.6 is 0 Å². The minimum Gasteiger partial charge on any atom is -0.381 e. The van der Waals surface area contributed by atoms with Crippen molar-refractivity contribution in [3.8, 4) is 0 Å². The van der Waals surface area contributed by atoms with Gasteiger partial charge in [-0.15, -0.1) is 0 Å². The number of pyridine rings is 1. The van der Waals surface area contributed by atoms with Gasteiger partial charge in [-0.3, -0.25) is 14.7 Å². The molecule has 2 aliphatic rings. The number of aromatic nitrogens is 1. The lowest BCUT2D eigenvalue weighted by Crippen LogP contribution is -2.53. The molecule has 1 amide bonds. The third-order valence-electron chi connectivity index (χ3n) is 4.72. The van der Waals surface area contributed by atoms with Gasteiger partial charge < -0.3 is 9.64 Å². The maximum atomic E-state index is 12.3. The molecular weight excluding hydrogens is 278 g/mol. The number of aryl methyl sites for hydroxylation is 1. The molecule has 0 radical (unpaired) electrons. The normalized spacial score (nSPS) is 21.0. The Balaban J connectivity index is 1.41. The Labute approximate surface area is 132 Å². The predicted molar refractivity (Wildman–Crippen MR) is 84.6 cm³/mol. The molecule has 0 N–H and O–H groups in total. The van der Waals surface area contributed by atoms with Gasteiger partial charge in [-0.1, -0.05) is 6.07 Å². The van der Waals surface area contributed by atoms with Crippen LogP contribution in [0.15, 0.2) is 24.5 Å². The molecule has 1 aromatic rings. The maximum Gasteiger partial charge on any atom is 0.222 e. The van der Waals surface area contributed by atoms with Gasteiger partial charge in [-0.25, -0.2) is 0 Å². The van der Waals surface area contributed by atoms with Gasteiger partial charge in [0.25, 0.3) is 0 Å². The van der Waals surface area contributed by atoms with E-state index in [0.717, 1.165) is 64.2 Å². The van der Waals surface area contributed by atoms with E-state index in [0.29, 0.717) is 12.5 Å². The second-order valence-electron chi connectivity index (χ2n) is 6.12. The lowest BCUT2D eigenvalue weighted by Gasteiger charge is -2.40. The largest absolute Gasteiger partial charge is 0.381 e. The fourth-order valence-corrected chi connectivity index (χ4v) is 3.34. The number of hydrogen-bond acceptors (Lipinski definition) is 4. The van der Waals surface area contributed by atoms with Gasteiger partial charge in [0, 0.05) is 64.2 Å².